The molecule has 0 aliphatic carbocycles. The van der Waals surface area contributed by atoms with E-state index in [1.165, 1.54) is 23.5 Å². The van der Waals surface area contributed by atoms with E-state index < -0.39 is 5.60 Å². The van der Waals surface area contributed by atoms with Crippen molar-refractivity contribution in [2.45, 2.75) is 25.9 Å². The fourth-order valence-corrected chi connectivity index (χ4v) is 4.99. The summed E-state index contributed by atoms with van der Waals surface area (Å²) in [4.78, 5) is 18.4. The topological polar surface area (TPSA) is 110 Å². The number of pyridine rings is 1. The Kier molecular flexibility index (Phi) is 6.76. The van der Waals surface area contributed by atoms with Crippen molar-refractivity contribution >= 4 is 44.8 Å². The van der Waals surface area contributed by atoms with Gasteiger partial charge in [-0.2, -0.15) is 0 Å². The number of nitrogens with two attached hydrogens (primary N) is 1. The third kappa shape index (κ3) is 5.39. The Balaban J connectivity index is 1.50. The first kappa shape index (κ1) is 25.0. The molecule has 0 fully saturated rings. The molecular formula is C27H24ClFN6OS. The maximum absolute atomic E-state index is 13.6. The van der Waals surface area contributed by atoms with Crippen LogP contribution in [0.2, 0.25) is 5.02 Å². The fraction of sp³-hybridized carbons (Fsp3) is 0.185. The number of halogens is 2. The van der Waals surface area contributed by atoms with Crippen molar-refractivity contribution in [2.75, 3.05) is 17.6 Å². The van der Waals surface area contributed by atoms with Crippen LogP contribution in [-0.2, 0) is 12.0 Å². The second-order valence-corrected chi connectivity index (χ2v) is 10.4. The summed E-state index contributed by atoms with van der Waals surface area (Å²) >= 11 is 8.01. The van der Waals surface area contributed by atoms with Gasteiger partial charge in [0.2, 0.25) is 0 Å². The normalized spacial score (nSPS) is 11.7. The first-order valence-electron chi connectivity index (χ1n) is 11.6. The minimum atomic E-state index is -1.04. The van der Waals surface area contributed by atoms with Gasteiger partial charge in [-0.1, -0.05) is 17.7 Å². The summed E-state index contributed by atoms with van der Waals surface area (Å²) in [5, 5.41) is 14.0. The minimum absolute atomic E-state index is 0.285. The van der Waals surface area contributed by atoms with E-state index in [1.807, 2.05) is 24.3 Å². The molecule has 10 heteroatoms. The molecule has 5 rings (SSSR count). The molecule has 0 saturated heterocycles. The van der Waals surface area contributed by atoms with E-state index in [4.69, 9.17) is 22.3 Å². The summed E-state index contributed by atoms with van der Waals surface area (Å²) in [5.74, 6) is 0.579. The molecule has 0 amide bonds. The number of aliphatic hydroxyl groups is 1. The number of thiazole rings is 1. The number of fused-ring (bicyclic) bond motifs is 1. The van der Waals surface area contributed by atoms with Crippen LogP contribution in [0.15, 0.2) is 60.1 Å². The zero-order chi connectivity index (χ0) is 26.2. The Morgan fingerprint density at radius 3 is 2.54 bits per heavy atom. The lowest BCUT2D eigenvalue weighted by Gasteiger charge is -2.17. The van der Waals surface area contributed by atoms with Crippen LogP contribution in [0.25, 0.3) is 32.7 Å². The molecule has 188 valence electrons. The lowest BCUT2D eigenvalue weighted by atomic mass is 10.0. The molecule has 0 spiro atoms. The van der Waals surface area contributed by atoms with Crippen molar-refractivity contribution in [1.82, 2.24) is 19.9 Å². The molecule has 0 bridgehead atoms. The Labute approximate surface area is 222 Å². The average Bonchev–Trinajstić information content (AvgIpc) is 3.34. The van der Waals surface area contributed by atoms with Gasteiger partial charge < -0.3 is 16.2 Å². The average molecular weight is 535 g/mol. The summed E-state index contributed by atoms with van der Waals surface area (Å²) in [6.45, 7) is 3.87. The maximum Gasteiger partial charge on any atom is 0.146 e. The van der Waals surface area contributed by atoms with Crippen LogP contribution in [0.5, 0.6) is 0 Å². The molecule has 0 aliphatic heterocycles. The largest absolute Gasteiger partial charge is 0.384 e. The van der Waals surface area contributed by atoms with E-state index in [1.54, 1.807) is 37.6 Å². The van der Waals surface area contributed by atoms with Gasteiger partial charge in [-0.3, -0.25) is 0 Å². The van der Waals surface area contributed by atoms with Crippen LogP contribution < -0.4 is 11.1 Å². The Hall–Kier alpha value is -3.66. The first-order valence-corrected chi connectivity index (χ1v) is 12.8. The van der Waals surface area contributed by atoms with Crippen molar-refractivity contribution in [3.63, 3.8) is 0 Å². The number of benzene rings is 2. The second-order valence-electron chi connectivity index (χ2n) is 9.06. The van der Waals surface area contributed by atoms with Crippen LogP contribution in [0.1, 0.15) is 25.2 Å². The number of anilines is 2. The molecule has 37 heavy (non-hydrogen) atoms. The summed E-state index contributed by atoms with van der Waals surface area (Å²) < 4.78 is 14.5. The summed E-state index contributed by atoms with van der Waals surface area (Å²) in [6.07, 6.45) is 0.473. The van der Waals surface area contributed by atoms with Gasteiger partial charge in [0.15, 0.2) is 0 Å². The second kappa shape index (κ2) is 10.0. The van der Waals surface area contributed by atoms with Gasteiger partial charge in [0.05, 0.1) is 43.5 Å². The molecule has 0 radical (unpaired) electrons. The SMILES string of the molecule is CC(C)(O)c1cccc(NCCc2nc(-c3cc(Cl)c4ncsc4c3)c(-c3ccc(F)cc3)nc2N)n1. The Morgan fingerprint density at radius 2 is 1.78 bits per heavy atom. The third-order valence-electron chi connectivity index (χ3n) is 5.82. The van der Waals surface area contributed by atoms with E-state index >= 15 is 0 Å². The van der Waals surface area contributed by atoms with Gasteiger partial charge in [0.1, 0.15) is 23.1 Å². The highest BCUT2D eigenvalue weighted by Crippen LogP contribution is 2.36. The standard InChI is InChI=1S/C27H24ClFN6OS/c1-27(2,36)21-4-3-5-22(34-21)31-11-10-19-26(30)35-23(15-6-8-17(29)9-7-15)24(33-19)16-12-18(28)25-20(13-16)37-14-32-25/h3-9,12-14,36H,10-11H2,1-2H3,(H2,30,35)(H,31,34). The quantitative estimate of drug-likeness (QED) is 0.232. The van der Waals surface area contributed by atoms with Gasteiger partial charge >= 0.3 is 0 Å². The number of nitrogen functional groups attached to an aromatic ring is 1. The molecule has 5 aromatic rings. The number of rotatable bonds is 7. The van der Waals surface area contributed by atoms with E-state index in [0.29, 0.717) is 52.1 Å². The fourth-order valence-electron chi connectivity index (χ4n) is 3.92. The number of aromatic nitrogens is 4. The van der Waals surface area contributed by atoms with Gasteiger partial charge in [0.25, 0.3) is 0 Å². The predicted molar refractivity (Wildman–Crippen MR) is 147 cm³/mol. The Morgan fingerprint density at radius 1 is 1.03 bits per heavy atom. The van der Waals surface area contributed by atoms with Crippen LogP contribution in [-0.4, -0.2) is 31.6 Å². The van der Waals surface area contributed by atoms with Crippen molar-refractivity contribution in [3.8, 4) is 22.5 Å². The molecule has 7 nitrogen and oxygen atoms in total. The monoisotopic (exact) mass is 534 g/mol. The highest BCUT2D eigenvalue weighted by Gasteiger charge is 2.19. The lowest BCUT2D eigenvalue weighted by Crippen LogP contribution is -2.18. The van der Waals surface area contributed by atoms with Crippen molar-refractivity contribution in [2.24, 2.45) is 0 Å². The maximum atomic E-state index is 13.6. The number of hydrogen-bond acceptors (Lipinski definition) is 8. The van der Waals surface area contributed by atoms with Gasteiger partial charge in [-0.15, -0.1) is 11.3 Å². The van der Waals surface area contributed by atoms with E-state index in [-0.39, 0.29) is 11.6 Å². The van der Waals surface area contributed by atoms with E-state index in [0.717, 1.165) is 15.8 Å². The summed E-state index contributed by atoms with van der Waals surface area (Å²) in [5.41, 5.74) is 11.5. The van der Waals surface area contributed by atoms with Crippen LogP contribution >= 0.6 is 22.9 Å². The predicted octanol–water partition coefficient (Wildman–Crippen LogP) is 6.07. The van der Waals surface area contributed by atoms with Crippen molar-refractivity contribution in [3.05, 3.63) is 82.3 Å². The molecule has 0 unspecified atom stereocenters. The molecule has 3 aromatic heterocycles. The van der Waals surface area contributed by atoms with Crippen molar-refractivity contribution < 1.29 is 9.50 Å². The smallest absolute Gasteiger partial charge is 0.146 e. The minimum Gasteiger partial charge on any atom is -0.384 e. The molecule has 0 aliphatic rings. The summed E-state index contributed by atoms with van der Waals surface area (Å²) in [6, 6.07) is 15.3. The number of nitrogens with zero attached hydrogens (tertiary/aromatic N) is 4. The molecule has 0 atom stereocenters. The van der Waals surface area contributed by atoms with Gasteiger partial charge in [0, 0.05) is 24.1 Å². The van der Waals surface area contributed by atoms with Gasteiger partial charge in [-0.25, -0.2) is 24.3 Å². The molecule has 3 heterocycles. The zero-order valence-electron chi connectivity index (χ0n) is 20.2. The van der Waals surface area contributed by atoms with Crippen LogP contribution in [0.4, 0.5) is 16.0 Å². The van der Waals surface area contributed by atoms with Crippen molar-refractivity contribution in [1.29, 1.82) is 0 Å². The molecular weight excluding hydrogens is 511 g/mol. The van der Waals surface area contributed by atoms with Crippen LogP contribution in [0, 0.1) is 5.82 Å². The van der Waals surface area contributed by atoms with E-state index in [9.17, 15) is 9.50 Å². The lowest BCUT2D eigenvalue weighted by molar-refractivity contribution is 0.0740. The van der Waals surface area contributed by atoms with Gasteiger partial charge in [-0.05, 0) is 62.4 Å². The molecule has 2 aromatic carbocycles. The zero-order valence-corrected chi connectivity index (χ0v) is 21.7. The van der Waals surface area contributed by atoms with E-state index in [2.05, 4.69) is 20.3 Å². The number of nitrogens with one attached hydrogen (secondary N) is 1. The molecule has 0 saturated carbocycles. The first-order chi connectivity index (χ1) is 17.7. The Bertz CT molecular complexity index is 1580. The highest BCUT2D eigenvalue weighted by atomic mass is 35.5. The summed E-state index contributed by atoms with van der Waals surface area (Å²) in [7, 11) is 0. The van der Waals surface area contributed by atoms with Crippen LogP contribution in [0.3, 0.4) is 0 Å². The molecule has 4 N–H and O–H groups in total. The third-order valence-corrected chi connectivity index (χ3v) is 6.89. The number of hydrogen-bond donors (Lipinski definition) is 3. The highest BCUT2D eigenvalue weighted by molar-refractivity contribution is 7.16.